The summed E-state index contributed by atoms with van der Waals surface area (Å²) in [5.41, 5.74) is 10.7. The van der Waals surface area contributed by atoms with Crippen molar-refractivity contribution in [1.82, 2.24) is 15.3 Å². The van der Waals surface area contributed by atoms with Crippen LogP contribution in [-0.2, 0) is 6.16 Å². The van der Waals surface area contributed by atoms with E-state index in [9.17, 15) is 0 Å². The second-order valence-electron chi connectivity index (χ2n) is 15.8. The molecule has 0 aliphatic heterocycles. The van der Waals surface area contributed by atoms with Crippen LogP contribution in [0.2, 0.25) is 0 Å². The molecule has 308 valence electrons. The fraction of sp³-hybridized carbons (Fsp3) is 0.0179. The second-order valence-corrected chi connectivity index (χ2v) is 24.4. The third-order valence-corrected chi connectivity index (χ3v) is 21.5. The molecule has 11 aromatic rings. The number of hydrogen-bond donors (Lipinski definition) is 0. The first-order valence-electron chi connectivity index (χ1n) is 21.1. The van der Waals surface area contributed by atoms with E-state index < -0.39 is 5.96 Å². The summed E-state index contributed by atoms with van der Waals surface area (Å²) < 4.78 is 5.69. The Morgan fingerprint density at radius 1 is 0.375 bits per heavy atom. The number of nitrogens with zero attached hydrogens (tertiary/aromatic N) is 3. The van der Waals surface area contributed by atoms with Gasteiger partial charge in [0.25, 0.3) is 0 Å². The van der Waals surface area contributed by atoms with Gasteiger partial charge >= 0.3 is 339 Å². The predicted molar refractivity (Wildman–Crippen MR) is 273 cm³/mol. The van der Waals surface area contributed by atoms with Crippen molar-refractivity contribution in [1.29, 1.82) is 0 Å². The Labute approximate surface area is 384 Å². The van der Waals surface area contributed by atoms with Crippen molar-refractivity contribution in [3.8, 4) is 64.1 Å². The summed E-state index contributed by atoms with van der Waals surface area (Å²) in [5, 5.41) is 12.5. The zero-order chi connectivity index (χ0) is 43.0. The van der Waals surface area contributed by atoms with Crippen LogP contribution in [0.5, 0.6) is 0 Å². The van der Waals surface area contributed by atoms with Crippen LogP contribution in [0.15, 0.2) is 229 Å². The molecule has 0 fully saturated rings. The maximum atomic E-state index is 8.84. The number of hydrogen-bond acceptors (Lipinski definition) is 6. The molecule has 0 aliphatic rings. The van der Waals surface area contributed by atoms with Gasteiger partial charge in [-0.25, -0.2) is 0 Å². The van der Waals surface area contributed by atoms with Crippen LogP contribution >= 0.6 is 39.9 Å². The van der Waals surface area contributed by atoms with Crippen molar-refractivity contribution < 1.29 is 4.63 Å². The third kappa shape index (κ3) is 7.10. The van der Waals surface area contributed by atoms with Gasteiger partial charge in [-0.05, 0) is 0 Å². The Hall–Kier alpha value is -6.79. The zero-order valence-corrected chi connectivity index (χ0v) is 37.7. The number of fused-ring (bicyclic) bond motifs is 1. The summed E-state index contributed by atoms with van der Waals surface area (Å²) in [6.07, 6.45) is 0.411. The fourth-order valence-corrected chi connectivity index (χ4v) is 16.9. The summed E-state index contributed by atoms with van der Waals surface area (Å²) in [6.45, 7) is 0. The van der Waals surface area contributed by atoms with Crippen LogP contribution in [0.3, 0.4) is 0 Å². The second kappa shape index (κ2) is 16.7. The molecule has 4 heterocycles. The van der Waals surface area contributed by atoms with Crippen molar-refractivity contribution in [3.05, 3.63) is 230 Å². The van der Waals surface area contributed by atoms with E-state index in [4.69, 9.17) is 26.0 Å². The van der Waals surface area contributed by atoms with E-state index in [-0.39, 0.29) is 0 Å². The number of pyridine rings is 1. The van der Waals surface area contributed by atoms with Gasteiger partial charge in [0, 0.05) is 0 Å². The van der Waals surface area contributed by atoms with Crippen molar-refractivity contribution in [2.24, 2.45) is 0 Å². The van der Waals surface area contributed by atoms with Gasteiger partial charge in [-0.2, -0.15) is 0 Å². The zero-order valence-electron chi connectivity index (χ0n) is 34.5. The van der Waals surface area contributed by atoms with Gasteiger partial charge in [-0.1, -0.05) is 48.5 Å². The molecule has 0 spiro atoms. The van der Waals surface area contributed by atoms with Gasteiger partial charge in [-0.3, -0.25) is 0 Å². The molecule has 0 unspecified atom stereocenters. The van der Waals surface area contributed by atoms with Crippen LogP contribution in [0, 0.1) is 0 Å². The van der Waals surface area contributed by atoms with E-state index >= 15 is 0 Å². The fourth-order valence-electron chi connectivity index (χ4n) is 8.82. The average Bonchev–Trinajstić information content (AvgIpc) is 4.19. The summed E-state index contributed by atoms with van der Waals surface area (Å²) in [4.78, 5) is 9.96. The van der Waals surface area contributed by atoms with Crippen LogP contribution < -0.4 is 15.9 Å². The molecule has 4 aromatic heterocycles. The van der Waals surface area contributed by atoms with Crippen LogP contribution in [0.25, 0.3) is 75.2 Å². The SMILES string of the molecule is ClP(Cc1nc(-c2ccc(-c3ccc(-c4ccccc4)cc3)s2)c2nonc2c1-c1ccc(-c2ccc(-c3ccccc3)cc2)s1)(c1ccccc1)(c1ccccc1)c1ccccc1. The van der Waals surface area contributed by atoms with E-state index in [2.05, 4.69) is 217 Å². The molecular formula is C56H39ClN3OPS2. The molecule has 4 nitrogen and oxygen atoms in total. The molecule has 64 heavy (non-hydrogen) atoms. The van der Waals surface area contributed by atoms with Crippen molar-refractivity contribution in [3.63, 3.8) is 0 Å². The Morgan fingerprint density at radius 3 is 1.20 bits per heavy atom. The van der Waals surface area contributed by atoms with Gasteiger partial charge in [0.2, 0.25) is 0 Å². The number of rotatable bonds is 11. The Balaban J connectivity index is 1.10. The van der Waals surface area contributed by atoms with E-state index in [1.807, 2.05) is 12.1 Å². The van der Waals surface area contributed by atoms with Crippen molar-refractivity contribution in [2.75, 3.05) is 0 Å². The molecule has 0 saturated carbocycles. The van der Waals surface area contributed by atoms with E-state index in [1.165, 1.54) is 22.3 Å². The average molecular weight is 901 g/mol. The Bertz CT molecular complexity index is 3260. The molecule has 11 rings (SSSR count). The first kappa shape index (κ1) is 40.0. The van der Waals surface area contributed by atoms with Gasteiger partial charge in [0.1, 0.15) is 0 Å². The molecule has 0 N–H and O–H groups in total. The third-order valence-electron chi connectivity index (χ3n) is 12.1. The van der Waals surface area contributed by atoms with Crippen LogP contribution in [0.4, 0.5) is 0 Å². The van der Waals surface area contributed by atoms with Crippen molar-refractivity contribution >= 4 is 66.8 Å². The molecule has 0 saturated heterocycles. The van der Waals surface area contributed by atoms with Crippen LogP contribution in [0.1, 0.15) is 5.69 Å². The number of halogens is 1. The maximum absolute atomic E-state index is 8.84. The quantitative estimate of drug-likeness (QED) is 0.121. The minimum atomic E-state index is -3.90. The summed E-state index contributed by atoms with van der Waals surface area (Å²) in [6, 6.07) is 78.9. The van der Waals surface area contributed by atoms with Crippen molar-refractivity contribution in [2.45, 2.75) is 6.16 Å². The van der Waals surface area contributed by atoms with E-state index in [1.54, 1.807) is 22.7 Å². The summed E-state index contributed by atoms with van der Waals surface area (Å²) in [5.74, 6) is -3.90. The number of benzene rings is 7. The van der Waals surface area contributed by atoms with Gasteiger partial charge in [-0.15, -0.1) is 0 Å². The van der Waals surface area contributed by atoms with Gasteiger partial charge in [0.15, 0.2) is 0 Å². The first-order valence-corrected chi connectivity index (χ1v) is 26.1. The van der Waals surface area contributed by atoms with E-state index in [0.717, 1.165) is 63.5 Å². The number of thiophene rings is 2. The number of aromatic nitrogens is 3. The monoisotopic (exact) mass is 899 g/mol. The molecule has 0 aliphatic carbocycles. The Kier molecular flexibility index (Phi) is 10.5. The van der Waals surface area contributed by atoms with E-state index in [0.29, 0.717) is 17.2 Å². The van der Waals surface area contributed by atoms with Crippen LogP contribution in [-0.4, -0.2) is 15.3 Å². The first-order chi connectivity index (χ1) is 31.5. The van der Waals surface area contributed by atoms with Gasteiger partial charge < -0.3 is 0 Å². The predicted octanol–water partition coefficient (Wildman–Crippen LogP) is 14.9. The molecule has 7 aromatic carbocycles. The topological polar surface area (TPSA) is 51.8 Å². The minimum absolute atomic E-state index is 0.411. The molecule has 8 heteroatoms. The molecule has 0 atom stereocenters. The molecular weight excluding hydrogens is 861 g/mol. The van der Waals surface area contributed by atoms with Gasteiger partial charge in [0.05, 0.1) is 0 Å². The molecule has 0 amide bonds. The Morgan fingerprint density at radius 2 is 0.734 bits per heavy atom. The standard InChI is InChI=1S/C56H39ClN3OPS2/c57-62(45-20-10-3-11-21-45,46-22-12-4-13-23-46,47-24-14-5-15-25-47)38-48-53(51-36-34-49(63-51)43-30-26-41(27-31-43)39-16-6-1-7-17-39)55-56(60-61-59-55)54(58-48)52-37-35-50(64-52)44-32-28-42(29-33-44)40-18-8-2-9-19-40/h1-37H,38H2. The normalized spacial score (nSPS) is 12.2. The molecule has 0 bridgehead atoms. The summed E-state index contributed by atoms with van der Waals surface area (Å²) >= 11 is 12.2. The molecule has 0 radical (unpaired) electrons. The summed E-state index contributed by atoms with van der Waals surface area (Å²) in [7, 11) is 0.